The molecule has 0 spiro atoms. The lowest BCUT2D eigenvalue weighted by Gasteiger charge is -2.30. The number of rotatable bonds is 5. The van der Waals surface area contributed by atoms with Crippen molar-refractivity contribution in [2.45, 2.75) is 51.1 Å². The largest absolute Gasteiger partial charge is 0.465 e. The minimum atomic E-state index is -0.317. The zero-order valence-corrected chi connectivity index (χ0v) is 10.3. The van der Waals surface area contributed by atoms with Crippen LogP contribution in [0.1, 0.15) is 39.0 Å². The minimum absolute atomic E-state index is 0.0804. The molecule has 0 atom stereocenters. The molecule has 5 nitrogen and oxygen atoms in total. The van der Waals surface area contributed by atoms with Gasteiger partial charge in [0.1, 0.15) is 6.54 Å². The second kappa shape index (κ2) is 5.38. The number of hydrogen-bond acceptors (Lipinski definition) is 3. The molecule has 2 rings (SSSR count). The van der Waals surface area contributed by atoms with Gasteiger partial charge in [0, 0.05) is 12.1 Å². The summed E-state index contributed by atoms with van der Waals surface area (Å²) in [5, 5.41) is 2.96. The Bertz CT molecular complexity index is 298. The van der Waals surface area contributed by atoms with Gasteiger partial charge >= 0.3 is 12.0 Å². The molecule has 5 heteroatoms. The number of nitrogens with zero attached hydrogens (tertiary/aromatic N) is 1. The highest BCUT2D eigenvalue weighted by atomic mass is 16.5. The number of esters is 1. The highest BCUT2D eigenvalue weighted by Crippen LogP contribution is 2.27. The van der Waals surface area contributed by atoms with Gasteiger partial charge in [-0.3, -0.25) is 4.79 Å². The van der Waals surface area contributed by atoms with Crippen LogP contribution in [0, 0.1) is 0 Å². The summed E-state index contributed by atoms with van der Waals surface area (Å²) in [4.78, 5) is 25.0. The Morgan fingerprint density at radius 1 is 1.29 bits per heavy atom. The first-order chi connectivity index (χ1) is 8.20. The smallest absolute Gasteiger partial charge is 0.325 e. The van der Waals surface area contributed by atoms with Crippen LogP contribution >= 0.6 is 0 Å². The fourth-order valence-corrected chi connectivity index (χ4v) is 1.91. The molecule has 0 heterocycles. The predicted octanol–water partition coefficient (Wildman–Crippen LogP) is 1.28. The van der Waals surface area contributed by atoms with Crippen LogP contribution in [0.15, 0.2) is 0 Å². The van der Waals surface area contributed by atoms with Crippen molar-refractivity contribution in [3.8, 4) is 0 Å². The molecule has 2 saturated carbocycles. The van der Waals surface area contributed by atoms with Crippen LogP contribution in [0.4, 0.5) is 4.79 Å². The molecule has 0 saturated heterocycles. The van der Waals surface area contributed by atoms with Gasteiger partial charge < -0.3 is 15.0 Å². The SMILES string of the molecule is CCOC(=O)CN(C(=O)NC1CCC1)C1CC1. The van der Waals surface area contributed by atoms with Gasteiger partial charge in [0.25, 0.3) is 0 Å². The monoisotopic (exact) mass is 240 g/mol. The lowest BCUT2D eigenvalue weighted by atomic mass is 9.93. The van der Waals surface area contributed by atoms with E-state index in [-0.39, 0.29) is 24.6 Å². The van der Waals surface area contributed by atoms with Crippen LogP contribution in [0.5, 0.6) is 0 Å². The molecule has 0 aliphatic heterocycles. The van der Waals surface area contributed by atoms with E-state index in [1.54, 1.807) is 11.8 Å². The van der Waals surface area contributed by atoms with E-state index in [0.29, 0.717) is 12.6 Å². The topological polar surface area (TPSA) is 58.6 Å². The lowest BCUT2D eigenvalue weighted by molar-refractivity contribution is -0.143. The Balaban J connectivity index is 1.82. The number of carbonyl (C=O) groups is 2. The van der Waals surface area contributed by atoms with Gasteiger partial charge in [0.2, 0.25) is 0 Å². The average Bonchev–Trinajstić information content (AvgIpc) is 3.04. The number of ether oxygens (including phenoxy) is 1. The van der Waals surface area contributed by atoms with E-state index < -0.39 is 0 Å². The van der Waals surface area contributed by atoms with Crippen molar-refractivity contribution in [2.24, 2.45) is 0 Å². The summed E-state index contributed by atoms with van der Waals surface area (Å²) < 4.78 is 4.89. The fourth-order valence-electron chi connectivity index (χ4n) is 1.91. The van der Waals surface area contributed by atoms with Crippen LogP contribution < -0.4 is 5.32 Å². The molecular formula is C12H20N2O3. The minimum Gasteiger partial charge on any atom is -0.465 e. The summed E-state index contributed by atoms with van der Waals surface area (Å²) in [6, 6.07) is 0.440. The van der Waals surface area contributed by atoms with Crippen molar-refractivity contribution in [1.82, 2.24) is 10.2 Å². The number of carbonyl (C=O) groups excluding carboxylic acids is 2. The number of hydrogen-bond donors (Lipinski definition) is 1. The first-order valence-electron chi connectivity index (χ1n) is 6.43. The maximum absolute atomic E-state index is 12.0. The van der Waals surface area contributed by atoms with Gasteiger partial charge in [-0.15, -0.1) is 0 Å². The zero-order chi connectivity index (χ0) is 12.3. The van der Waals surface area contributed by atoms with Crippen molar-refractivity contribution in [1.29, 1.82) is 0 Å². The fraction of sp³-hybridized carbons (Fsp3) is 0.833. The number of nitrogens with one attached hydrogen (secondary N) is 1. The highest BCUT2D eigenvalue weighted by Gasteiger charge is 2.35. The van der Waals surface area contributed by atoms with Crippen molar-refractivity contribution >= 4 is 12.0 Å². The third kappa shape index (κ3) is 3.35. The second-order valence-corrected chi connectivity index (χ2v) is 4.74. The molecule has 0 bridgehead atoms. The first kappa shape index (κ1) is 12.2. The van der Waals surface area contributed by atoms with Crippen LogP contribution in [0.3, 0.4) is 0 Å². The Kier molecular flexibility index (Phi) is 3.86. The Morgan fingerprint density at radius 2 is 2.00 bits per heavy atom. The van der Waals surface area contributed by atoms with Gasteiger partial charge in [-0.2, -0.15) is 0 Å². The van der Waals surface area contributed by atoms with Gasteiger partial charge in [-0.05, 0) is 39.0 Å². The van der Waals surface area contributed by atoms with Crippen molar-refractivity contribution in [2.75, 3.05) is 13.2 Å². The first-order valence-corrected chi connectivity index (χ1v) is 6.43. The maximum Gasteiger partial charge on any atom is 0.325 e. The summed E-state index contributed by atoms with van der Waals surface area (Å²) in [7, 11) is 0. The predicted molar refractivity (Wildman–Crippen MR) is 62.5 cm³/mol. The lowest BCUT2D eigenvalue weighted by Crippen LogP contribution is -2.49. The molecule has 0 unspecified atom stereocenters. The van der Waals surface area contributed by atoms with E-state index in [2.05, 4.69) is 5.32 Å². The van der Waals surface area contributed by atoms with Crippen LogP contribution in [0.25, 0.3) is 0 Å². The molecule has 0 aromatic rings. The molecule has 0 aromatic carbocycles. The molecule has 96 valence electrons. The van der Waals surface area contributed by atoms with E-state index in [1.165, 1.54) is 6.42 Å². The van der Waals surface area contributed by atoms with Crippen molar-refractivity contribution in [3.05, 3.63) is 0 Å². The summed E-state index contributed by atoms with van der Waals surface area (Å²) >= 11 is 0. The van der Waals surface area contributed by atoms with Crippen molar-refractivity contribution in [3.63, 3.8) is 0 Å². The van der Waals surface area contributed by atoms with Gasteiger partial charge in [-0.1, -0.05) is 0 Å². The summed E-state index contributed by atoms with van der Waals surface area (Å²) in [5.41, 5.74) is 0. The number of amides is 2. The van der Waals surface area contributed by atoms with E-state index in [0.717, 1.165) is 25.7 Å². The second-order valence-electron chi connectivity index (χ2n) is 4.74. The molecule has 1 N–H and O–H groups in total. The molecule has 2 fully saturated rings. The van der Waals surface area contributed by atoms with Crippen LogP contribution in [-0.4, -0.2) is 42.1 Å². The van der Waals surface area contributed by atoms with Gasteiger partial charge in [-0.25, -0.2) is 4.79 Å². The Morgan fingerprint density at radius 3 is 2.47 bits per heavy atom. The summed E-state index contributed by atoms with van der Waals surface area (Å²) in [6.07, 6.45) is 5.30. The van der Waals surface area contributed by atoms with E-state index in [9.17, 15) is 9.59 Å². The molecule has 0 aromatic heterocycles. The molecule has 2 amide bonds. The quantitative estimate of drug-likeness (QED) is 0.736. The Labute approximate surface area is 101 Å². The zero-order valence-electron chi connectivity index (χ0n) is 10.3. The molecule has 2 aliphatic rings. The molecule has 2 aliphatic carbocycles. The molecule has 0 radical (unpaired) electrons. The van der Waals surface area contributed by atoms with Crippen molar-refractivity contribution < 1.29 is 14.3 Å². The maximum atomic E-state index is 12.0. The summed E-state index contributed by atoms with van der Waals surface area (Å²) in [5.74, 6) is -0.317. The van der Waals surface area contributed by atoms with Gasteiger partial charge in [0.05, 0.1) is 6.61 Å². The number of urea groups is 1. The standard InChI is InChI=1S/C12H20N2O3/c1-2-17-11(15)8-14(10-6-7-10)12(16)13-9-4-3-5-9/h9-10H,2-8H2,1H3,(H,13,16). The Hall–Kier alpha value is -1.26. The third-order valence-electron chi connectivity index (χ3n) is 3.29. The summed E-state index contributed by atoms with van der Waals surface area (Å²) in [6.45, 7) is 2.21. The highest BCUT2D eigenvalue weighted by molar-refractivity contribution is 5.81. The van der Waals surface area contributed by atoms with Crippen LogP contribution in [0.2, 0.25) is 0 Å². The third-order valence-corrected chi connectivity index (χ3v) is 3.29. The van der Waals surface area contributed by atoms with Crippen LogP contribution in [-0.2, 0) is 9.53 Å². The average molecular weight is 240 g/mol. The van der Waals surface area contributed by atoms with E-state index in [1.807, 2.05) is 0 Å². The molecule has 17 heavy (non-hydrogen) atoms. The normalized spacial score (nSPS) is 19.4. The van der Waals surface area contributed by atoms with E-state index in [4.69, 9.17) is 4.74 Å². The van der Waals surface area contributed by atoms with E-state index >= 15 is 0 Å². The van der Waals surface area contributed by atoms with Gasteiger partial charge in [0.15, 0.2) is 0 Å². The molecular weight excluding hydrogens is 220 g/mol.